The number of furan rings is 1. The minimum absolute atomic E-state index is 0.0355. The summed E-state index contributed by atoms with van der Waals surface area (Å²) in [5.74, 6) is 2.11. The lowest BCUT2D eigenvalue weighted by molar-refractivity contribution is 0.0568. The lowest BCUT2D eigenvalue weighted by atomic mass is 10.00. The van der Waals surface area contributed by atoms with Gasteiger partial charge in [0, 0.05) is 31.9 Å². The number of urea groups is 1. The first-order chi connectivity index (χ1) is 12.3. The van der Waals surface area contributed by atoms with E-state index in [0.29, 0.717) is 19.0 Å². The van der Waals surface area contributed by atoms with E-state index in [1.54, 1.807) is 0 Å². The maximum absolute atomic E-state index is 12.4. The van der Waals surface area contributed by atoms with Crippen LogP contribution in [-0.4, -0.2) is 37.2 Å². The third-order valence-corrected chi connectivity index (χ3v) is 4.62. The highest BCUT2D eigenvalue weighted by Gasteiger charge is 2.20. The van der Waals surface area contributed by atoms with Crippen molar-refractivity contribution in [3.8, 4) is 11.3 Å². The summed E-state index contributed by atoms with van der Waals surface area (Å²) in [6.45, 7) is 5.52. The van der Waals surface area contributed by atoms with E-state index >= 15 is 0 Å². The average Bonchev–Trinajstić information content (AvgIpc) is 3.15. The standard InChI is InChI=1S/C20H26N2O3/c1-2-22(15-16-10-12-24-13-11-16)20(23)21-14-18-8-9-19(25-18)17-6-4-3-5-7-17/h3-9,16H,2,10-15H2,1H3,(H,21,23). The number of benzene rings is 1. The van der Waals surface area contributed by atoms with E-state index in [9.17, 15) is 4.79 Å². The van der Waals surface area contributed by atoms with Gasteiger partial charge in [-0.2, -0.15) is 0 Å². The summed E-state index contributed by atoms with van der Waals surface area (Å²) >= 11 is 0. The van der Waals surface area contributed by atoms with Crippen LogP contribution in [-0.2, 0) is 11.3 Å². The summed E-state index contributed by atoms with van der Waals surface area (Å²) in [6, 6.07) is 13.8. The summed E-state index contributed by atoms with van der Waals surface area (Å²) in [5.41, 5.74) is 1.04. The van der Waals surface area contributed by atoms with Gasteiger partial charge in [-0.1, -0.05) is 30.3 Å². The van der Waals surface area contributed by atoms with Crippen molar-refractivity contribution < 1.29 is 13.9 Å². The molecule has 2 heterocycles. The normalized spacial score (nSPS) is 15.1. The molecule has 1 N–H and O–H groups in total. The number of carbonyl (C=O) groups excluding carboxylic acids is 1. The summed E-state index contributed by atoms with van der Waals surface area (Å²) in [5, 5.41) is 2.97. The second-order valence-electron chi connectivity index (χ2n) is 6.39. The predicted octanol–water partition coefficient (Wildman–Crippen LogP) is 3.90. The second-order valence-corrected chi connectivity index (χ2v) is 6.39. The zero-order chi connectivity index (χ0) is 17.5. The maximum atomic E-state index is 12.4. The Kier molecular flexibility index (Phi) is 6.12. The van der Waals surface area contributed by atoms with Gasteiger partial charge in [-0.05, 0) is 37.8 Å². The maximum Gasteiger partial charge on any atom is 0.317 e. The molecule has 2 aromatic rings. The molecule has 0 unspecified atom stereocenters. The highest BCUT2D eigenvalue weighted by Crippen LogP contribution is 2.21. The molecule has 1 aliphatic rings. The third kappa shape index (κ3) is 4.86. The first-order valence-corrected chi connectivity index (χ1v) is 9.01. The number of hydrogen-bond donors (Lipinski definition) is 1. The van der Waals surface area contributed by atoms with Crippen LogP contribution in [0.3, 0.4) is 0 Å². The molecule has 5 heteroatoms. The highest BCUT2D eigenvalue weighted by atomic mass is 16.5. The van der Waals surface area contributed by atoms with E-state index in [-0.39, 0.29) is 6.03 Å². The average molecular weight is 342 g/mol. The molecule has 0 bridgehead atoms. The van der Waals surface area contributed by atoms with Crippen molar-refractivity contribution in [2.45, 2.75) is 26.3 Å². The van der Waals surface area contributed by atoms with E-state index in [2.05, 4.69) is 5.32 Å². The highest BCUT2D eigenvalue weighted by molar-refractivity contribution is 5.74. The number of hydrogen-bond acceptors (Lipinski definition) is 3. The Bertz CT molecular complexity index is 663. The monoisotopic (exact) mass is 342 g/mol. The Morgan fingerprint density at radius 3 is 2.64 bits per heavy atom. The molecule has 1 fully saturated rings. The van der Waals surface area contributed by atoms with Crippen LogP contribution in [0.5, 0.6) is 0 Å². The number of amides is 2. The van der Waals surface area contributed by atoms with Gasteiger partial charge in [-0.3, -0.25) is 0 Å². The van der Waals surface area contributed by atoms with Gasteiger partial charge >= 0.3 is 6.03 Å². The van der Waals surface area contributed by atoms with E-state index in [1.165, 1.54) is 0 Å². The minimum atomic E-state index is -0.0355. The van der Waals surface area contributed by atoms with Gasteiger partial charge in [0.1, 0.15) is 11.5 Å². The fourth-order valence-corrected chi connectivity index (χ4v) is 3.10. The van der Waals surface area contributed by atoms with Gasteiger partial charge in [-0.25, -0.2) is 4.79 Å². The number of nitrogens with zero attached hydrogens (tertiary/aromatic N) is 1. The van der Waals surface area contributed by atoms with Crippen LogP contribution in [0.15, 0.2) is 46.9 Å². The Balaban J connectivity index is 1.51. The van der Waals surface area contributed by atoms with Crippen LogP contribution in [0.25, 0.3) is 11.3 Å². The third-order valence-electron chi connectivity index (χ3n) is 4.62. The number of ether oxygens (including phenoxy) is 1. The molecule has 1 aromatic carbocycles. The molecule has 1 aliphatic heterocycles. The van der Waals surface area contributed by atoms with Crippen molar-refractivity contribution in [1.82, 2.24) is 10.2 Å². The van der Waals surface area contributed by atoms with E-state index in [0.717, 1.165) is 49.7 Å². The van der Waals surface area contributed by atoms with Crippen molar-refractivity contribution in [3.05, 3.63) is 48.2 Å². The molecule has 2 amide bonds. The predicted molar refractivity (Wildman–Crippen MR) is 97.2 cm³/mol. The number of rotatable bonds is 6. The van der Waals surface area contributed by atoms with Crippen molar-refractivity contribution in [2.24, 2.45) is 5.92 Å². The molecule has 1 aromatic heterocycles. The van der Waals surface area contributed by atoms with Crippen molar-refractivity contribution in [1.29, 1.82) is 0 Å². The molecule has 0 saturated carbocycles. The fourth-order valence-electron chi connectivity index (χ4n) is 3.10. The molecule has 25 heavy (non-hydrogen) atoms. The van der Waals surface area contributed by atoms with E-state index in [4.69, 9.17) is 9.15 Å². The van der Waals surface area contributed by atoms with E-state index < -0.39 is 0 Å². The van der Waals surface area contributed by atoms with E-state index in [1.807, 2.05) is 54.3 Å². The summed E-state index contributed by atoms with van der Waals surface area (Å²) < 4.78 is 11.2. The first-order valence-electron chi connectivity index (χ1n) is 9.01. The zero-order valence-electron chi connectivity index (χ0n) is 14.7. The Morgan fingerprint density at radius 1 is 1.16 bits per heavy atom. The molecule has 0 spiro atoms. The topological polar surface area (TPSA) is 54.7 Å². The molecule has 3 rings (SSSR count). The molecule has 134 valence electrons. The van der Waals surface area contributed by atoms with Crippen molar-refractivity contribution in [3.63, 3.8) is 0 Å². The lowest BCUT2D eigenvalue weighted by Crippen LogP contribution is -2.42. The fraction of sp³-hybridized carbons (Fsp3) is 0.450. The van der Waals surface area contributed by atoms with Crippen molar-refractivity contribution in [2.75, 3.05) is 26.3 Å². The quantitative estimate of drug-likeness (QED) is 0.866. The van der Waals surface area contributed by atoms with Crippen LogP contribution < -0.4 is 5.32 Å². The largest absolute Gasteiger partial charge is 0.459 e. The number of nitrogens with one attached hydrogen (secondary N) is 1. The summed E-state index contributed by atoms with van der Waals surface area (Å²) in [6.07, 6.45) is 2.06. The molecule has 1 saturated heterocycles. The smallest absolute Gasteiger partial charge is 0.317 e. The SMILES string of the molecule is CCN(CC1CCOCC1)C(=O)NCc1ccc(-c2ccccc2)o1. The zero-order valence-corrected chi connectivity index (χ0v) is 14.7. The Hall–Kier alpha value is -2.27. The van der Waals surface area contributed by atoms with Crippen LogP contribution in [0.2, 0.25) is 0 Å². The molecular weight excluding hydrogens is 316 g/mol. The Morgan fingerprint density at radius 2 is 1.92 bits per heavy atom. The summed E-state index contributed by atoms with van der Waals surface area (Å²) in [7, 11) is 0. The van der Waals surface area contributed by atoms with Crippen LogP contribution >= 0.6 is 0 Å². The molecular formula is C20H26N2O3. The molecule has 0 atom stereocenters. The lowest BCUT2D eigenvalue weighted by Gasteiger charge is -2.29. The van der Waals surface area contributed by atoms with Gasteiger partial charge in [0.05, 0.1) is 6.54 Å². The molecule has 0 aliphatic carbocycles. The second kappa shape index (κ2) is 8.72. The molecule has 0 radical (unpaired) electrons. The van der Waals surface area contributed by atoms with Crippen LogP contribution in [0.4, 0.5) is 4.79 Å². The molecule has 5 nitrogen and oxygen atoms in total. The number of carbonyl (C=O) groups is 1. The first kappa shape index (κ1) is 17.5. The van der Waals surface area contributed by atoms with Crippen LogP contribution in [0.1, 0.15) is 25.5 Å². The van der Waals surface area contributed by atoms with Gasteiger partial charge < -0.3 is 19.4 Å². The Labute approximate surface area is 149 Å². The van der Waals surface area contributed by atoms with Gasteiger partial charge in [-0.15, -0.1) is 0 Å². The van der Waals surface area contributed by atoms with Gasteiger partial charge in [0.2, 0.25) is 0 Å². The van der Waals surface area contributed by atoms with Crippen LogP contribution in [0, 0.1) is 5.92 Å². The van der Waals surface area contributed by atoms with Crippen molar-refractivity contribution >= 4 is 6.03 Å². The van der Waals surface area contributed by atoms with Gasteiger partial charge in [0.15, 0.2) is 0 Å². The minimum Gasteiger partial charge on any atom is -0.459 e. The van der Waals surface area contributed by atoms with Gasteiger partial charge in [0.25, 0.3) is 0 Å². The summed E-state index contributed by atoms with van der Waals surface area (Å²) in [4.78, 5) is 14.3.